The van der Waals surface area contributed by atoms with Gasteiger partial charge in [-0.15, -0.1) is 0 Å². The average Bonchev–Trinajstić information content (AvgIpc) is 2.96. The molecule has 0 N–H and O–H groups in total. The fourth-order valence-electron chi connectivity index (χ4n) is 4.12. The number of hydrogen-bond acceptors (Lipinski definition) is 4. The van der Waals surface area contributed by atoms with E-state index in [1.54, 1.807) is 7.11 Å². The molecule has 0 aliphatic carbocycles. The lowest BCUT2D eigenvalue weighted by atomic mass is 9.77. The summed E-state index contributed by atoms with van der Waals surface area (Å²) in [5.74, 6) is 1.74. The minimum Gasteiger partial charge on any atom is -0.465 e. The Bertz CT molecular complexity index is 631. The van der Waals surface area contributed by atoms with Gasteiger partial charge in [-0.25, -0.2) is 0 Å². The second-order valence-electron chi connectivity index (χ2n) is 8.61. The highest BCUT2D eigenvalue weighted by atomic mass is 16.5. The summed E-state index contributed by atoms with van der Waals surface area (Å²) in [5.41, 5.74) is 0.804. The molecule has 1 aromatic heterocycles. The molecule has 1 aromatic rings. The van der Waals surface area contributed by atoms with Gasteiger partial charge in [-0.05, 0) is 32.3 Å². The van der Waals surface area contributed by atoms with Crippen molar-refractivity contribution >= 4 is 5.91 Å². The topological polar surface area (TPSA) is 45.9 Å². The maximum Gasteiger partial charge on any atom is 0.257 e. The van der Waals surface area contributed by atoms with E-state index in [4.69, 9.17) is 9.15 Å². The van der Waals surface area contributed by atoms with Gasteiger partial charge in [-0.2, -0.15) is 0 Å². The molecule has 5 nitrogen and oxygen atoms in total. The van der Waals surface area contributed by atoms with Crippen molar-refractivity contribution in [1.82, 2.24) is 9.80 Å². The van der Waals surface area contributed by atoms with Gasteiger partial charge in [-0.3, -0.25) is 9.69 Å². The van der Waals surface area contributed by atoms with E-state index in [9.17, 15) is 4.79 Å². The van der Waals surface area contributed by atoms with Crippen LogP contribution >= 0.6 is 0 Å². The van der Waals surface area contributed by atoms with Gasteiger partial charge in [0, 0.05) is 44.2 Å². The Kier molecular flexibility index (Phi) is 5.00. The lowest BCUT2D eigenvalue weighted by molar-refractivity contribution is -0.0679. The van der Waals surface area contributed by atoms with Crippen LogP contribution in [0.15, 0.2) is 10.5 Å². The summed E-state index contributed by atoms with van der Waals surface area (Å²) in [4.78, 5) is 17.7. The van der Waals surface area contributed by atoms with Crippen molar-refractivity contribution in [2.24, 2.45) is 0 Å². The molecule has 140 valence electrons. The van der Waals surface area contributed by atoms with Crippen LogP contribution in [0, 0.1) is 6.92 Å². The van der Waals surface area contributed by atoms with Gasteiger partial charge in [0.25, 0.3) is 5.91 Å². The Labute approximate surface area is 151 Å². The lowest BCUT2D eigenvalue weighted by Gasteiger charge is -2.57. The highest BCUT2D eigenvalue weighted by Gasteiger charge is 2.47. The van der Waals surface area contributed by atoms with E-state index in [0.29, 0.717) is 0 Å². The zero-order chi connectivity index (χ0) is 18.2. The Morgan fingerprint density at radius 3 is 2.64 bits per heavy atom. The number of hydrogen-bond donors (Lipinski definition) is 0. The van der Waals surface area contributed by atoms with Gasteiger partial charge in [0.2, 0.25) is 0 Å². The van der Waals surface area contributed by atoms with Crippen molar-refractivity contribution in [3.05, 3.63) is 23.2 Å². The molecular formula is C20H32N2O3. The summed E-state index contributed by atoms with van der Waals surface area (Å²) in [6, 6.07) is 1.95. The zero-order valence-corrected chi connectivity index (χ0v) is 16.4. The molecule has 3 rings (SSSR count). The molecular weight excluding hydrogens is 316 g/mol. The Morgan fingerprint density at radius 1 is 1.32 bits per heavy atom. The van der Waals surface area contributed by atoms with Crippen LogP contribution in [0.1, 0.15) is 61.9 Å². The number of ether oxygens (including phenoxy) is 1. The number of piperidine rings is 1. The normalized spacial score (nSPS) is 24.6. The standard InChI is InChI=1S/C20H32N2O3/c1-15-16(13-17(25-15)19(2,3)4)18(23)21-9-6-7-20(14-21)8-10-22(20)11-12-24-5/h13H,6-12,14H2,1-5H3/t20-/m1/s1. The van der Waals surface area contributed by atoms with Crippen molar-refractivity contribution < 1.29 is 13.9 Å². The van der Waals surface area contributed by atoms with Crippen LogP contribution in [-0.4, -0.2) is 61.1 Å². The average molecular weight is 348 g/mol. The van der Waals surface area contributed by atoms with E-state index in [-0.39, 0.29) is 16.9 Å². The predicted molar refractivity (Wildman–Crippen MR) is 98.1 cm³/mol. The first-order valence-electron chi connectivity index (χ1n) is 9.41. The minimum atomic E-state index is -0.0860. The molecule has 2 fully saturated rings. The number of rotatable bonds is 4. The Morgan fingerprint density at radius 2 is 2.08 bits per heavy atom. The highest BCUT2D eigenvalue weighted by molar-refractivity contribution is 5.95. The van der Waals surface area contributed by atoms with Crippen LogP contribution < -0.4 is 0 Å². The van der Waals surface area contributed by atoms with Gasteiger partial charge in [0.15, 0.2) is 0 Å². The molecule has 0 saturated carbocycles. The van der Waals surface area contributed by atoms with Crippen LogP contribution in [0.5, 0.6) is 0 Å². The second kappa shape index (κ2) is 6.76. The second-order valence-corrected chi connectivity index (χ2v) is 8.61. The molecule has 0 radical (unpaired) electrons. The van der Waals surface area contributed by atoms with Crippen molar-refractivity contribution in [3.8, 4) is 0 Å². The molecule has 1 amide bonds. The van der Waals surface area contributed by atoms with Gasteiger partial charge in [0.05, 0.1) is 12.2 Å². The molecule has 25 heavy (non-hydrogen) atoms. The molecule has 3 heterocycles. The van der Waals surface area contributed by atoms with Crippen LogP contribution in [0.3, 0.4) is 0 Å². The lowest BCUT2D eigenvalue weighted by Crippen LogP contribution is -2.67. The summed E-state index contributed by atoms with van der Waals surface area (Å²) in [5, 5.41) is 0. The van der Waals surface area contributed by atoms with Gasteiger partial charge in [0.1, 0.15) is 11.5 Å². The van der Waals surface area contributed by atoms with E-state index in [2.05, 4.69) is 25.7 Å². The van der Waals surface area contributed by atoms with E-state index in [1.165, 1.54) is 12.8 Å². The predicted octanol–water partition coefficient (Wildman–Crippen LogP) is 3.21. The monoisotopic (exact) mass is 348 g/mol. The minimum absolute atomic E-state index is 0.0860. The maximum absolute atomic E-state index is 13.1. The van der Waals surface area contributed by atoms with Crippen LogP contribution in [0.25, 0.3) is 0 Å². The van der Waals surface area contributed by atoms with Crippen molar-refractivity contribution in [2.45, 2.75) is 57.9 Å². The van der Waals surface area contributed by atoms with E-state index >= 15 is 0 Å². The molecule has 5 heteroatoms. The highest BCUT2D eigenvalue weighted by Crippen LogP contribution is 2.39. The molecule has 0 unspecified atom stereocenters. The number of carbonyl (C=O) groups is 1. The Hall–Kier alpha value is -1.33. The first-order chi connectivity index (χ1) is 11.8. The molecule has 0 bridgehead atoms. The number of methoxy groups -OCH3 is 1. The smallest absolute Gasteiger partial charge is 0.257 e. The third-order valence-electron chi connectivity index (χ3n) is 5.81. The number of likely N-dealkylation sites (tertiary alicyclic amines) is 2. The van der Waals surface area contributed by atoms with Gasteiger partial charge in [-0.1, -0.05) is 20.8 Å². The number of carbonyl (C=O) groups excluding carboxylic acids is 1. The zero-order valence-electron chi connectivity index (χ0n) is 16.4. The molecule has 0 aromatic carbocycles. The fraction of sp³-hybridized carbons (Fsp3) is 0.750. The summed E-state index contributed by atoms with van der Waals surface area (Å²) in [7, 11) is 1.75. The van der Waals surface area contributed by atoms with Crippen LogP contribution in [0.4, 0.5) is 0 Å². The molecule has 2 aliphatic rings. The largest absolute Gasteiger partial charge is 0.465 e. The van der Waals surface area contributed by atoms with E-state index < -0.39 is 0 Å². The SMILES string of the molecule is COCCN1CC[C@@]12CCCN(C(=O)c1cc(C(C)(C)C)oc1C)C2. The summed E-state index contributed by atoms with van der Waals surface area (Å²) in [6.07, 6.45) is 3.43. The van der Waals surface area contributed by atoms with Crippen LogP contribution in [-0.2, 0) is 10.2 Å². The fourth-order valence-corrected chi connectivity index (χ4v) is 4.12. The summed E-state index contributed by atoms with van der Waals surface area (Å²) in [6.45, 7) is 12.7. The Balaban J connectivity index is 1.74. The third-order valence-corrected chi connectivity index (χ3v) is 5.81. The van der Waals surface area contributed by atoms with Gasteiger partial charge < -0.3 is 14.1 Å². The summed E-state index contributed by atoms with van der Waals surface area (Å²) < 4.78 is 11.1. The maximum atomic E-state index is 13.1. The van der Waals surface area contributed by atoms with E-state index in [1.807, 2.05) is 17.9 Å². The summed E-state index contributed by atoms with van der Waals surface area (Å²) >= 11 is 0. The number of nitrogens with zero attached hydrogens (tertiary/aromatic N) is 2. The third kappa shape index (κ3) is 3.49. The molecule has 2 saturated heterocycles. The van der Waals surface area contributed by atoms with Crippen molar-refractivity contribution in [1.29, 1.82) is 0 Å². The molecule has 1 spiro atoms. The quantitative estimate of drug-likeness (QED) is 0.838. The van der Waals surface area contributed by atoms with Crippen LogP contribution in [0.2, 0.25) is 0 Å². The first kappa shape index (κ1) is 18.5. The molecule has 1 atom stereocenters. The number of furan rings is 1. The van der Waals surface area contributed by atoms with E-state index in [0.717, 1.165) is 56.3 Å². The molecule has 2 aliphatic heterocycles. The van der Waals surface area contributed by atoms with Gasteiger partial charge >= 0.3 is 0 Å². The first-order valence-corrected chi connectivity index (χ1v) is 9.41. The van der Waals surface area contributed by atoms with Crippen molar-refractivity contribution in [2.75, 3.05) is 39.9 Å². The van der Waals surface area contributed by atoms with Crippen molar-refractivity contribution in [3.63, 3.8) is 0 Å². The number of amides is 1. The number of aryl methyl sites for hydroxylation is 1.